The van der Waals surface area contributed by atoms with Crippen LogP contribution in [0.4, 0.5) is 0 Å². The van der Waals surface area contributed by atoms with Crippen LogP contribution in [-0.2, 0) is 22.9 Å². The van der Waals surface area contributed by atoms with Gasteiger partial charge in [-0.3, -0.25) is 0 Å². The first kappa shape index (κ1) is 16.1. The number of rotatable bonds is 7. The molecular weight excluding hydrogens is 264 g/mol. The molecule has 0 spiro atoms. The largest absolute Gasteiger partial charge is 0.310 e. The molecule has 0 radical (unpaired) electrons. The summed E-state index contributed by atoms with van der Waals surface area (Å²) in [5, 5.41) is 7.31. The van der Waals surface area contributed by atoms with E-state index in [1.54, 1.807) is 25.5 Å². The smallest absolute Gasteiger partial charge is 0.157 e. The first-order valence-corrected chi connectivity index (χ1v) is 8.23. The van der Waals surface area contributed by atoms with Crippen LogP contribution in [0.3, 0.4) is 0 Å². The van der Waals surface area contributed by atoms with Crippen LogP contribution in [0.15, 0.2) is 6.33 Å². The molecule has 0 aromatic carbocycles. The number of nitrogens with zero attached hydrogens (tertiary/aromatic N) is 3. The van der Waals surface area contributed by atoms with E-state index in [2.05, 4.69) is 22.3 Å². The minimum Gasteiger partial charge on any atom is -0.310 e. The molecule has 0 saturated heterocycles. The van der Waals surface area contributed by atoms with Crippen LogP contribution in [0.25, 0.3) is 0 Å². The number of nitrogens with one attached hydrogen (secondary N) is 1. The molecule has 0 aliphatic carbocycles. The van der Waals surface area contributed by atoms with Crippen molar-refractivity contribution in [2.75, 3.05) is 12.3 Å². The maximum absolute atomic E-state index is 12.0. The quantitative estimate of drug-likeness (QED) is 0.757. The second kappa shape index (κ2) is 6.47. The fraction of sp³-hybridized carbons (Fsp3) is 0.833. The van der Waals surface area contributed by atoms with Crippen LogP contribution in [0.2, 0.25) is 0 Å². The molecule has 0 amide bonds. The Morgan fingerprint density at radius 2 is 2.05 bits per heavy atom. The number of hydrogen-bond donors (Lipinski definition) is 1. The first-order chi connectivity index (χ1) is 8.78. The van der Waals surface area contributed by atoms with Crippen LogP contribution in [0.5, 0.6) is 0 Å². The van der Waals surface area contributed by atoms with E-state index < -0.39 is 14.6 Å². The van der Waals surface area contributed by atoms with Crippen LogP contribution >= 0.6 is 0 Å². The van der Waals surface area contributed by atoms with Gasteiger partial charge in [-0.15, -0.1) is 0 Å². The maximum Gasteiger partial charge on any atom is 0.157 e. The minimum absolute atomic E-state index is 0.0840. The van der Waals surface area contributed by atoms with Crippen molar-refractivity contribution in [3.63, 3.8) is 0 Å². The Bertz CT molecular complexity index is 488. The molecule has 0 saturated carbocycles. The molecular formula is C12H24N4O2S. The van der Waals surface area contributed by atoms with Crippen molar-refractivity contribution in [2.45, 2.75) is 52.0 Å². The zero-order valence-electron chi connectivity index (χ0n) is 12.2. The van der Waals surface area contributed by atoms with Crippen LogP contribution in [0, 0.1) is 0 Å². The highest BCUT2D eigenvalue weighted by atomic mass is 32.2. The van der Waals surface area contributed by atoms with Crippen molar-refractivity contribution in [2.24, 2.45) is 0 Å². The SMILES string of the molecule is CCCNCc1ncnn1CCS(=O)(=O)C(C)(C)C. The summed E-state index contributed by atoms with van der Waals surface area (Å²) in [5.41, 5.74) is 0. The van der Waals surface area contributed by atoms with E-state index in [0.29, 0.717) is 13.1 Å². The third-order valence-corrected chi connectivity index (χ3v) is 5.50. The zero-order valence-corrected chi connectivity index (χ0v) is 13.0. The lowest BCUT2D eigenvalue weighted by atomic mass is 10.3. The molecule has 0 bridgehead atoms. The fourth-order valence-electron chi connectivity index (χ4n) is 1.50. The Kier molecular flexibility index (Phi) is 5.49. The lowest BCUT2D eigenvalue weighted by molar-refractivity contribution is 0.536. The van der Waals surface area contributed by atoms with E-state index in [0.717, 1.165) is 18.8 Å². The molecule has 1 aromatic heterocycles. The topological polar surface area (TPSA) is 76.9 Å². The number of sulfone groups is 1. The van der Waals surface area contributed by atoms with Gasteiger partial charge in [0.2, 0.25) is 0 Å². The summed E-state index contributed by atoms with van der Waals surface area (Å²) in [5.74, 6) is 0.859. The van der Waals surface area contributed by atoms with Gasteiger partial charge < -0.3 is 5.32 Å². The van der Waals surface area contributed by atoms with Gasteiger partial charge in [0.15, 0.2) is 9.84 Å². The van der Waals surface area contributed by atoms with Crippen molar-refractivity contribution >= 4 is 9.84 Å². The molecule has 7 heteroatoms. The van der Waals surface area contributed by atoms with Gasteiger partial charge in [-0.25, -0.2) is 18.1 Å². The third-order valence-electron chi connectivity index (χ3n) is 2.91. The summed E-state index contributed by atoms with van der Waals surface area (Å²) >= 11 is 0. The van der Waals surface area contributed by atoms with Gasteiger partial charge in [-0.05, 0) is 33.7 Å². The molecule has 0 atom stereocenters. The molecule has 0 fully saturated rings. The zero-order chi connectivity index (χ0) is 14.5. The van der Waals surface area contributed by atoms with Crippen LogP contribution in [-0.4, -0.2) is 40.2 Å². The highest BCUT2D eigenvalue weighted by Gasteiger charge is 2.28. The van der Waals surface area contributed by atoms with Gasteiger partial charge in [-0.1, -0.05) is 6.92 Å². The normalized spacial score (nSPS) is 12.8. The molecule has 6 nitrogen and oxygen atoms in total. The van der Waals surface area contributed by atoms with Gasteiger partial charge in [-0.2, -0.15) is 5.10 Å². The summed E-state index contributed by atoms with van der Waals surface area (Å²) in [4.78, 5) is 4.15. The monoisotopic (exact) mass is 288 g/mol. The second-order valence-corrected chi connectivity index (χ2v) is 8.37. The third kappa shape index (κ3) is 4.58. The van der Waals surface area contributed by atoms with E-state index in [1.807, 2.05) is 0 Å². The Labute approximate surface area is 115 Å². The van der Waals surface area contributed by atoms with Crippen LogP contribution in [0.1, 0.15) is 39.9 Å². The number of aromatic nitrogens is 3. The van der Waals surface area contributed by atoms with E-state index in [-0.39, 0.29) is 5.75 Å². The first-order valence-electron chi connectivity index (χ1n) is 6.57. The second-order valence-electron chi connectivity index (χ2n) is 5.51. The lowest BCUT2D eigenvalue weighted by Gasteiger charge is -2.19. The average molecular weight is 288 g/mol. The lowest BCUT2D eigenvalue weighted by Crippen LogP contribution is -2.32. The van der Waals surface area contributed by atoms with Crippen molar-refractivity contribution in [1.29, 1.82) is 0 Å². The summed E-state index contributed by atoms with van der Waals surface area (Å²) in [6.45, 7) is 9.11. The van der Waals surface area contributed by atoms with Gasteiger partial charge in [0.05, 0.1) is 23.6 Å². The number of aryl methyl sites for hydroxylation is 1. The Morgan fingerprint density at radius 3 is 2.63 bits per heavy atom. The van der Waals surface area contributed by atoms with Crippen molar-refractivity contribution in [1.82, 2.24) is 20.1 Å². The van der Waals surface area contributed by atoms with Gasteiger partial charge in [0.1, 0.15) is 12.2 Å². The predicted octanol–water partition coefficient (Wildman–Crippen LogP) is 0.991. The molecule has 0 aliphatic rings. The average Bonchev–Trinajstić information content (AvgIpc) is 2.73. The maximum atomic E-state index is 12.0. The summed E-state index contributed by atoms with van der Waals surface area (Å²) in [6.07, 6.45) is 2.51. The van der Waals surface area contributed by atoms with E-state index in [1.165, 1.54) is 6.33 Å². The molecule has 19 heavy (non-hydrogen) atoms. The van der Waals surface area contributed by atoms with Gasteiger partial charge in [0.25, 0.3) is 0 Å². The highest BCUT2D eigenvalue weighted by Crippen LogP contribution is 2.16. The summed E-state index contributed by atoms with van der Waals surface area (Å²) in [6, 6.07) is 0. The van der Waals surface area contributed by atoms with E-state index in [9.17, 15) is 8.42 Å². The number of hydrogen-bond acceptors (Lipinski definition) is 5. The standard InChI is InChI=1S/C12H24N4O2S/c1-5-6-13-9-11-14-10-15-16(11)7-8-19(17,18)12(2,3)4/h10,13H,5-9H2,1-4H3. The molecule has 1 rings (SSSR count). The van der Waals surface area contributed by atoms with Crippen LogP contribution < -0.4 is 5.32 Å². The molecule has 1 heterocycles. The van der Waals surface area contributed by atoms with Gasteiger partial charge >= 0.3 is 0 Å². The van der Waals surface area contributed by atoms with E-state index >= 15 is 0 Å². The molecule has 0 aliphatic heterocycles. The highest BCUT2D eigenvalue weighted by molar-refractivity contribution is 7.92. The Balaban J connectivity index is 2.62. The predicted molar refractivity (Wildman–Crippen MR) is 75.6 cm³/mol. The fourth-order valence-corrected chi connectivity index (χ4v) is 2.53. The summed E-state index contributed by atoms with van der Waals surface area (Å²) < 4.78 is 25.0. The molecule has 0 unspecified atom stereocenters. The molecule has 110 valence electrons. The van der Waals surface area contributed by atoms with Crippen molar-refractivity contribution in [3.8, 4) is 0 Å². The van der Waals surface area contributed by atoms with Crippen molar-refractivity contribution in [3.05, 3.63) is 12.2 Å². The summed E-state index contributed by atoms with van der Waals surface area (Å²) in [7, 11) is -3.12. The minimum atomic E-state index is -3.12. The molecule has 1 N–H and O–H groups in total. The molecule has 1 aromatic rings. The van der Waals surface area contributed by atoms with Gasteiger partial charge in [0, 0.05) is 0 Å². The Hall–Kier alpha value is -0.950. The van der Waals surface area contributed by atoms with Crippen molar-refractivity contribution < 1.29 is 8.42 Å². The Morgan fingerprint density at radius 1 is 1.37 bits per heavy atom. The van der Waals surface area contributed by atoms with E-state index in [4.69, 9.17) is 0 Å².